The van der Waals surface area contributed by atoms with Crippen LogP contribution in [0.3, 0.4) is 0 Å². The molecule has 0 spiro atoms. The Hall–Kier alpha value is -1.69. The molecule has 5 nitrogen and oxygen atoms in total. The molecule has 1 aromatic heterocycles. The molecule has 1 saturated heterocycles. The van der Waals surface area contributed by atoms with E-state index in [2.05, 4.69) is 4.98 Å². The third kappa shape index (κ3) is 2.36. The maximum atomic E-state index is 13.8. The van der Waals surface area contributed by atoms with Crippen molar-refractivity contribution < 1.29 is 13.9 Å². The predicted molar refractivity (Wildman–Crippen MR) is 59.9 cm³/mol. The van der Waals surface area contributed by atoms with Gasteiger partial charge in [0.15, 0.2) is 0 Å². The van der Waals surface area contributed by atoms with E-state index in [0.29, 0.717) is 31.7 Å². The number of hydrogen-bond acceptors (Lipinski definition) is 4. The van der Waals surface area contributed by atoms with E-state index >= 15 is 0 Å². The first-order valence-corrected chi connectivity index (χ1v) is 5.43. The molecule has 0 radical (unpaired) electrons. The van der Waals surface area contributed by atoms with Gasteiger partial charge in [0.05, 0.1) is 11.3 Å². The zero-order valence-corrected chi connectivity index (χ0v) is 9.28. The first-order valence-electron chi connectivity index (χ1n) is 5.43. The molecule has 2 heterocycles. The van der Waals surface area contributed by atoms with Crippen LogP contribution in [-0.2, 0) is 4.74 Å². The summed E-state index contributed by atoms with van der Waals surface area (Å²) >= 11 is 0. The molecule has 0 saturated carbocycles. The highest BCUT2D eigenvalue weighted by atomic mass is 19.1. The number of amides is 1. The molecule has 0 unspecified atom stereocenters. The van der Waals surface area contributed by atoms with Crippen LogP contribution in [0.4, 0.5) is 10.2 Å². The van der Waals surface area contributed by atoms with Crippen molar-refractivity contribution in [3.05, 3.63) is 23.1 Å². The van der Waals surface area contributed by atoms with E-state index in [1.165, 1.54) is 0 Å². The summed E-state index contributed by atoms with van der Waals surface area (Å²) in [5, 5.41) is 0. The monoisotopic (exact) mass is 239 g/mol. The van der Waals surface area contributed by atoms with Crippen LogP contribution in [0.1, 0.15) is 34.8 Å². The van der Waals surface area contributed by atoms with E-state index in [9.17, 15) is 9.18 Å². The Kier molecular flexibility index (Phi) is 3.23. The Balaban J connectivity index is 2.35. The summed E-state index contributed by atoms with van der Waals surface area (Å²) in [5.74, 6) is -1.32. The lowest BCUT2D eigenvalue weighted by atomic mass is 9.95. The Bertz CT molecular complexity index is 445. The number of pyridine rings is 1. The molecule has 1 aliphatic rings. The molecule has 0 aromatic carbocycles. The number of aromatic nitrogens is 1. The minimum absolute atomic E-state index is 0.00650. The van der Waals surface area contributed by atoms with Gasteiger partial charge in [0.2, 0.25) is 0 Å². The van der Waals surface area contributed by atoms with Gasteiger partial charge in [0, 0.05) is 19.1 Å². The van der Waals surface area contributed by atoms with Crippen LogP contribution in [0.15, 0.2) is 6.07 Å². The van der Waals surface area contributed by atoms with Gasteiger partial charge >= 0.3 is 0 Å². The fourth-order valence-corrected chi connectivity index (χ4v) is 1.97. The predicted octanol–water partition coefficient (Wildman–Crippen LogP) is 0.796. The van der Waals surface area contributed by atoms with Gasteiger partial charge in [-0.25, -0.2) is 9.37 Å². The van der Waals surface area contributed by atoms with Crippen LogP contribution in [0.5, 0.6) is 0 Å². The highest BCUT2D eigenvalue weighted by Crippen LogP contribution is 2.28. The summed E-state index contributed by atoms with van der Waals surface area (Å²) in [6.45, 7) is 1.17. The van der Waals surface area contributed by atoms with Crippen LogP contribution in [-0.4, -0.2) is 24.1 Å². The standard InChI is InChI=1S/C11H14FN3O2/c12-8-5-7(11(14)16)10(13)15-9(8)6-1-3-17-4-2-6/h5-6H,1-4H2,(H2,13,15)(H2,14,16). The number of hydrogen-bond donors (Lipinski definition) is 2. The van der Waals surface area contributed by atoms with E-state index in [1.54, 1.807) is 0 Å². The average Bonchev–Trinajstić information content (AvgIpc) is 2.32. The SMILES string of the molecule is NC(=O)c1cc(F)c(C2CCOCC2)nc1N. The van der Waals surface area contributed by atoms with E-state index in [0.717, 1.165) is 6.07 Å². The second kappa shape index (κ2) is 4.67. The lowest BCUT2D eigenvalue weighted by Crippen LogP contribution is -2.20. The van der Waals surface area contributed by atoms with Gasteiger partial charge < -0.3 is 16.2 Å². The Labute approximate surface area is 98.0 Å². The fourth-order valence-electron chi connectivity index (χ4n) is 1.97. The van der Waals surface area contributed by atoms with Gasteiger partial charge in [-0.15, -0.1) is 0 Å². The highest BCUT2D eigenvalue weighted by Gasteiger charge is 2.23. The van der Waals surface area contributed by atoms with Gasteiger partial charge in [0.1, 0.15) is 11.6 Å². The minimum Gasteiger partial charge on any atom is -0.383 e. The number of nitrogens with zero attached hydrogens (tertiary/aromatic N) is 1. The molecule has 0 bridgehead atoms. The third-order valence-electron chi connectivity index (χ3n) is 2.91. The van der Waals surface area contributed by atoms with E-state index < -0.39 is 11.7 Å². The highest BCUT2D eigenvalue weighted by molar-refractivity contribution is 5.97. The van der Waals surface area contributed by atoms with Crippen molar-refractivity contribution >= 4 is 11.7 Å². The fraction of sp³-hybridized carbons (Fsp3) is 0.455. The molecule has 1 amide bonds. The summed E-state index contributed by atoms with van der Waals surface area (Å²) in [4.78, 5) is 14.9. The molecule has 1 fully saturated rings. The summed E-state index contributed by atoms with van der Waals surface area (Å²) in [6, 6.07) is 1.06. The normalized spacial score (nSPS) is 17.0. The van der Waals surface area contributed by atoms with Crippen LogP contribution in [0.25, 0.3) is 0 Å². The first kappa shape index (κ1) is 11.8. The van der Waals surface area contributed by atoms with Gasteiger partial charge in [-0.2, -0.15) is 0 Å². The maximum absolute atomic E-state index is 13.8. The third-order valence-corrected chi connectivity index (χ3v) is 2.91. The number of halogens is 1. The van der Waals surface area contributed by atoms with Crippen LogP contribution < -0.4 is 11.5 Å². The molecule has 2 rings (SSSR count). The summed E-state index contributed by atoms with van der Waals surface area (Å²) in [6.07, 6.45) is 1.42. The minimum atomic E-state index is -0.771. The van der Waals surface area contributed by atoms with Crippen molar-refractivity contribution in [1.82, 2.24) is 4.98 Å². The second-order valence-corrected chi connectivity index (χ2v) is 4.04. The van der Waals surface area contributed by atoms with Crippen molar-refractivity contribution in [2.45, 2.75) is 18.8 Å². The van der Waals surface area contributed by atoms with E-state index in [4.69, 9.17) is 16.2 Å². The molecule has 6 heteroatoms. The average molecular weight is 239 g/mol. The number of rotatable bonds is 2. The molecule has 1 aliphatic heterocycles. The number of nitrogen functional groups attached to an aromatic ring is 1. The van der Waals surface area contributed by atoms with Gasteiger partial charge in [0.25, 0.3) is 5.91 Å². The molecular formula is C11H14FN3O2. The number of carbonyl (C=O) groups is 1. The number of nitrogens with two attached hydrogens (primary N) is 2. The van der Waals surface area contributed by atoms with Crippen LogP contribution >= 0.6 is 0 Å². The number of carbonyl (C=O) groups excluding carboxylic acids is 1. The molecule has 92 valence electrons. The van der Waals surface area contributed by atoms with Crippen LogP contribution in [0, 0.1) is 5.82 Å². The summed E-state index contributed by atoms with van der Waals surface area (Å²) in [7, 11) is 0. The van der Waals surface area contributed by atoms with Crippen molar-refractivity contribution in [3.63, 3.8) is 0 Å². The quantitative estimate of drug-likeness (QED) is 0.798. The summed E-state index contributed by atoms with van der Waals surface area (Å²) in [5.41, 5.74) is 10.9. The number of ether oxygens (including phenoxy) is 1. The zero-order chi connectivity index (χ0) is 12.4. The van der Waals surface area contributed by atoms with E-state index in [1.807, 2.05) is 0 Å². The molecule has 0 atom stereocenters. The molecule has 0 aliphatic carbocycles. The smallest absolute Gasteiger partial charge is 0.252 e. The molecule has 1 aromatic rings. The Morgan fingerprint density at radius 2 is 2.12 bits per heavy atom. The maximum Gasteiger partial charge on any atom is 0.252 e. The van der Waals surface area contributed by atoms with Crippen molar-refractivity contribution in [3.8, 4) is 0 Å². The molecule has 17 heavy (non-hydrogen) atoms. The van der Waals surface area contributed by atoms with E-state index in [-0.39, 0.29) is 17.3 Å². The van der Waals surface area contributed by atoms with Gasteiger partial charge in [-0.05, 0) is 18.9 Å². The lowest BCUT2D eigenvalue weighted by Gasteiger charge is -2.22. The molecular weight excluding hydrogens is 225 g/mol. The Morgan fingerprint density at radius 3 is 2.71 bits per heavy atom. The largest absolute Gasteiger partial charge is 0.383 e. The molecule has 4 N–H and O–H groups in total. The lowest BCUT2D eigenvalue weighted by molar-refractivity contribution is 0.0836. The zero-order valence-electron chi connectivity index (χ0n) is 9.28. The van der Waals surface area contributed by atoms with Crippen molar-refractivity contribution in [1.29, 1.82) is 0 Å². The first-order chi connectivity index (χ1) is 8.09. The number of anilines is 1. The number of primary amides is 1. The topological polar surface area (TPSA) is 91.2 Å². The van der Waals surface area contributed by atoms with Crippen molar-refractivity contribution in [2.24, 2.45) is 5.73 Å². The summed E-state index contributed by atoms with van der Waals surface area (Å²) < 4.78 is 19.0. The van der Waals surface area contributed by atoms with Crippen LogP contribution in [0.2, 0.25) is 0 Å². The second-order valence-electron chi connectivity index (χ2n) is 4.04. The Morgan fingerprint density at radius 1 is 1.47 bits per heavy atom. The van der Waals surface area contributed by atoms with Crippen molar-refractivity contribution in [2.75, 3.05) is 18.9 Å². The van der Waals surface area contributed by atoms with Gasteiger partial charge in [-0.3, -0.25) is 4.79 Å². The van der Waals surface area contributed by atoms with Gasteiger partial charge in [-0.1, -0.05) is 0 Å².